The Hall–Kier alpha value is -0.0400. The average molecular weight is 113 g/mol. The molecule has 0 aromatic heterocycles. The fourth-order valence-corrected chi connectivity index (χ4v) is 1.52. The van der Waals surface area contributed by atoms with Crippen LogP contribution in [0.5, 0.6) is 0 Å². The SMILES string of the molecule is CNC[C@H]1C[C@@H](C)C1. The van der Waals surface area contributed by atoms with Crippen LogP contribution in [0.25, 0.3) is 0 Å². The quantitative estimate of drug-likeness (QED) is 0.568. The zero-order valence-corrected chi connectivity index (χ0v) is 5.78. The van der Waals surface area contributed by atoms with Crippen molar-refractivity contribution in [2.45, 2.75) is 19.8 Å². The standard InChI is InChI=1S/C7H15N/c1-6-3-7(4-6)5-8-2/h6-8H,3-5H2,1-2H3/t6-,7+. The van der Waals surface area contributed by atoms with Crippen LogP contribution in [0.3, 0.4) is 0 Å². The van der Waals surface area contributed by atoms with Gasteiger partial charge in [0.15, 0.2) is 0 Å². The molecule has 0 atom stereocenters. The highest BCUT2D eigenvalue weighted by molar-refractivity contribution is 4.76. The minimum Gasteiger partial charge on any atom is -0.319 e. The van der Waals surface area contributed by atoms with Crippen LogP contribution in [-0.2, 0) is 0 Å². The molecule has 1 saturated carbocycles. The molecular formula is C7H15N. The Kier molecular flexibility index (Phi) is 1.90. The predicted molar refractivity (Wildman–Crippen MR) is 35.8 cm³/mol. The van der Waals surface area contributed by atoms with Crippen LogP contribution in [0.2, 0.25) is 0 Å². The number of hydrogen-bond acceptors (Lipinski definition) is 1. The second-order valence-electron chi connectivity index (χ2n) is 3.00. The van der Waals surface area contributed by atoms with E-state index in [2.05, 4.69) is 12.2 Å². The monoisotopic (exact) mass is 113 g/mol. The molecule has 0 amide bonds. The van der Waals surface area contributed by atoms with E-state index in [0.717, 1.165) is 11.8 Å². The molecule has 0 unspecified atom stereocenters. The topological polar surface area (TPSA) is 12.0 Å². The van der Waals surface area contributed by atoms with E-state index in [-0.39, 0.29) is 0 Å². The zero-order valence-electron chi connectivity index (χ0n) is 5.78. The Morgan fingerprint density at radius 3 is 2.50 bits per heavy atom. The van der Waals surface area contributed by atoms with Gasteiger partial charge in [-0.2, -0.15) is 0 Å². The van der Waals surface area contributed by atoms with Gasteiger partial charge in [-0.1, -0.05) is 6.92 Å². The summed E-state index contributed by atoms with van der Waals surface area (Å²) in [7, 11) is 2.03. The summed E-state index contributed by atoms with van der Waals surface area (Å²) in [5, 5.41) is 3.19. The summed E-state index contributed by atoms with van der Waals surface area (Å²) in [6.07, 6.45) is 2.89. The van der Waals surface area contributed by atoms with Crippen molar-refractivity contribution in [3.63, 3.8) is 0 Å². The molecule has 0 heterocycles. The van der Waals surface area contributed by atoms with E-state index in [9.17, 15) is 0 Å². The molecule has 0 radical (unpaired) electrons. The summed E-state index contributed by atoms with van der Waals surface area (Å²) < 4.78 is 0. The molecule has 48 valence electrons. The third kappa shape index (κ3) is 1.22. The lowest BCUT2D eigenvalue weighted by Crippen LogP contribution is -2.29. The van der Waals surface area contributed by atoms with Gasteiger partial charge >= 0.3 is 0 Å². The van der Waals surface area contributed by atoms with Gasteiger partial charge < -0.3 is 5.32 Å². The van der Waals surface area contributed by atoms with Crippen LogP contribution >= 0.6 is 0 Å². The zero-order chi connectivity index (χ0) is 5.98. The van der Waals surface area contributed by atoms with E-state index in [1.807, 2.05) is 7.05 Å². The smallest absolute Gasteiger partial charge is 0.00233 e. The fraction of sp³-hybridized carbons (Fsp3) is 1.00. The first-order valence-corrected chi connectivity index (χ1v) is 3.47. The van der Waals surface area contributed by atoms with Gasteiger partial charge in [-0.3, -0.25) is 0 Å². The molecule has 0 aliphatic heterocycles. The van der Waals surface area contributed by atoms with Gasteiger partial charge in [0, 0.05) is 0 Å². The van der Waals surface area contributed by atoms with Crippen LogP contribution in [0.1, 0.15) is 19.8 Å². The second-order valence-corrected chi connectivity index (χ2v) is 3.00. The van der Waals surface area contributed by atoms with Gasteiger partial charge in [-0.25, -0.2) is 0 Å². The largest absolute Gasteiger partial charge is 0.319 e. The molecule has 0 aromatic carbocycles. The van der Waals surface area contributed by atoms with Crippen LogP contribution in [0.4, 0.5) is 0 Å². The van der Waals surface area contributed by atoms with Crippen molar-refractivity contribution in [3.05, 3.63) is 0 Å². The van der Waals surface area contributed by atoms with Crippen LogP contribution in [0, 0.1) is 11.8 Å². The Balaban J connectivity index is 1.98. The summed E-state index contributed by atoms with van der Waals surface area (Å²) in [5.41, 5.74) is 0. The minimum absolute atomic E-state index is 0.995. The van der Waals surface area contributed by atoms with Gasteiger partial charge in [-0.15, -0.1) is 0 Å². The highest BCUT2D eigenvalue weighted by atomic mass is 14.8. The van der Waals surface area contributed by atoms with Crippen molar-refractivity contribution >= 4 is 0 Å². The molecule has 0 bridgehead atoms. The molecule has 0 saturated heterocycles. The van der Waals surface area contributed by atoms with E-state index < -0.39 is 0 Å². The lowest BCUT2D eigenvalue weighted by molar-refractivity contribution is 0.210. The highest BCUT2D eigenvalue weighted by Crippen LogP contribution is 2.31. The van der Waals surface area contributed by atoms with Gasteiger partial charge in [0.1, 0.15) is 0 Å². The molecule has 1 aliphatic carbocycles. The Bertz CT molecular complexity index is 62.0. The molecular weight excluding hydrogens is 98.1 g/mol. The van der Waals surface area contributed by atoms with E-state index in [1.54, 1.807) is 0 Å². The molecule has 8 heavy (non-hydrogen) atoms. The normalized spacial score (nSPS) is 36.8. The molecule has 0 spiro atoms. The Morgan fingerprint density at radius 2 is 2.12 bits per heavy atom. The predicted octanol–water partition coefficient (Wildman–Crippen LogP) is 1.25. The van der Waals surface area contributed by atoms with Crippen molar-refractivity contribution < 1.29 is 0 Å². The first-order valence-electron chi connectivity index (χ1n) is 3.47. The number of hydrogen-bond donors (Lipinski definition) is 1. The lowest BCUT2D eigenvalue weighted by atomic mass is 9.76. The molecule has 0 aromatic rings. The van der Waals surface area contributed by atoms with Crippen molar-refractivity contribution in [3.8, 4) is 0 Å². The maximum atomic E-state index is 3.19. The summed E-state index contributed by atoms with van der Waals surface area (Å²) in [5.74, 6) is 2.00. The van der Waals surface area contributed by atoms with E-state index >= 15 is 0 Å². The Labute approximate surface area is 51.5 Å². The molecule has 1 heteroatoms. The first kappa shape index (κ1) is 6.09. The maximum Gasteiger partial charge on any atom is -0.00233 e. The third-order valence-electron chi connectivity index (χ3n) is 1.96. The van der Waals surface area contributed by atoms with Crippen molar-refractivity contribution in [1.29, 1.82) is 0 Å². The van der Waals surface area contributed by atoms with Gasteiger partial charge in [-0.05, 0) is 38.3 Å². The van der Waals surface area contributed by atoms with Crippen LogP contribution in [0.15, 0.2) is 0 Å². The first-order chi connectivity index (χ1) is 3.83. The van der Waals surface area contributed by atoms with Gasteiger partial charge in [0.2, 0.25) is 0 Å². The lowest BCUT2D eigenvalue weighted by Gasteiger charge is -2.32. The van der Waals surface area contributed by atoms with E-state index in [4.69, 9.17) is 0 Å². The molecule has 1 fully saturated rings. The van der Waals surface area contributed by atoms with Gasteiger partial charge in [0.25, 0.3) is 0 Å². The third-order valence-corrected chi connectivity index (χ3v) is 1.96. The number of rotatable bonds is 2. The van der Waals surface area contributed by atoms with Crippen molar-refractivity contribution in [1.82, 2.24) is 5.32 Å². The summed E-state index contributed by atoms with van der Waals surface area (Å²) in [4.78, 5) is 0. The maximum absolute atomic E-state index is 3.19. The van der Waals surface area contributed by atoms with Crippen molar-refractivity contribution in [2.75, 3.05) is 13.6 Å². The minimum atomic E-state index is 0.995. The van der Waals surface area contributed by atoms with Crippen molar-refractivity contribution in [2.24, 2.45) is 11.8 Å². The second kappa shape index (κ2) is 2.49. The fourth-order valence-electron chi connectivity index (χ4n) is 1.52. The van der Waals surface area contributed by atoms with E-state index in [1.165, 1.54) is 19.4 Å². The summed E-state index contributed by atoms with van der Waals surface area (Å²) in [6.45, 7) is 3.55. The van der Waals surface area contributed by atoms with E-state index in [0.29, 0.717) is 0 Å². The Morgan fingerprint density at radius 1 is 1.50 bits per heavy atom. The average Bonchev–Trinajstić information content (AvgIpc) is 1.64. The molecule has 1 N–H and O–H groups in total. The molecule has 1 nitrogen and oxygen atoms in total. The van der Waals surface area contributed by atoms with Crippen LogP contribution in [-0.4, -0.2) is 13.6 Å². The van der Waals surface area contributed by atoms with Gasteiger partial charge in [0.05, 0.1) is 0 Å². The highest BCUT2D eigenvalue weighted by Gasteiger charge is 2.23. The summed E-state index contributed by atoms with van der Waals surface area (Å²) >= 11 is 0. The molecule has 1 rings (SSSR count). The van der Waals surface area contributed by atoms with Crippen LogP contribution < -0.4 is 5.32 Å². The molecule has 1 aliphatic rings. The summed E-state index contributed by atoms with van der Waals surface area (Å²) in [6, 6.07) is 0. The number of nitrogens with one attached hydrogen (secondary N) is 1.